The van der Waals surface area contributed by atoms with Gasteiger partial charge in [0.2, 0.25) is 0 Å². The monoisotopic (exact) mass is 595 g/mol. The van der Waals surface area contributed by atoms with Crippen molar-refractivity contribution in [2.45, 2.75) is 110 Å². The number of amides is 1. The number of hydrogen-bond donors (Lipinski definition) is 1. The fourth-order valence-corrected chi connectivity index (χ4v) is 5.71. The number of benzene rings is 2. The second kappa shape index (κ2) is 16.6. The number of likely N-dealkylation sites (tertiary alicyclic amines) is 1. The highest BCUT2D eigenvalue weighted by Gasteiger charge is 2.45. The minimum atomic E-state index is -0.605. The SMILES string of the molecule is CCCCCCCCCCCCCCCCN1C(=O)C(=O)C(=C(O)c2ccc(C)cc2)[C@H]1c1ccc(Br)cc1. The molecule has 1 saturated heterocycles. The normalized spacial score (nSPS) is 16.8. The maximum Gasteiger partial charge on any atom is 0.295 e. The van der Waals surface area contributed by atoms with Crippen molar-refractivity contribution in [3.8, 4) is 0 Å². The average Bonchev–Trinajstić information content (AvgIpc) is 3.18. The van der Waals surface area contributed by atoms with Crippen molar-refractivity contribution in [1.82, 2.24) is 4.90 Å². The Kier molecular flexibility index (Phi) is 13.3. The third-order valence-electron chi connectivity index (χ3n) is 7.80. The average molecular weight is 597 g/mol. The maximum absolute atomic E-state index is 13.2. The van der Waals surface area contributed by atoms with Crippen molar-refractivity contribution >= 4 is 33.4 Å². The molecule has 0 radical (unpaired) electrons. The number of aryl methyl sites for hydroxylation is 1. The number of hydrogen-bond acceptors (Lipinski definition) is 3. The summed E-state index contributed by atoms with van der Waals surface area (Å²) >= 11 is 3.47. The Morgan fingerprint density at radius 3 is 1.74 bits per heavy atom. The van der Waals surface area contributed by atoms with Crippen LogP contribution in [0.5, 0.6) is 0 Å². The fourth-order valence-electron chi connectivity index (χ4n) is 5.45. The minimum Gasteiger partial charge on any atom is -0.507 e. The Labute approximate surface area is 244 Å². The van der Waals surface area contributed by atoms with E-state index in [1.165, 1.54) is 70.6 Å². The molecule has 0 spiro atoms. The lowest BCUT2D eigenvalue weighted by Crippen LogP contribution is -2.30. The van der Waals surface area contributed by atoms with E-state index >= 15 is 0 Å². The van der Waals surface area contributed by atoms with Gasteiger partial charge in [-0.2, -0.15) is 0 Å². The number of halogens is 1. The molecule has 3 rings (SSSR count). The van der Waals surface area contributed by atoms with Crippen molar-refractivity contribution in [2.24, 2.45) is 0 Å². The molecule has 39 heavy (non-hydrogen) atoms. The highest BCUT2D eigenvalue weighted by atomic mass is 79.9. The molecule has 1 heterocycles. The topological polar surface area (TPSA) is 57.6 Å². The molecular weight excluding hydrogens is 550 g/mol. The smallest absolute Gasteiger partial charge is 0.295 e. The van der Waals surface area contributed by atoms with E-state index in [9.17, 15) is 14.7 Å². The van der Waals surface area contributed by atoms with Gasteiger partial charge in [-0.1, -0.05) is 148 Å². The summed E-state index contributed by atoms with van der Waals surface area (Å²) in [4.78, 5) is 28.0. The summed E-state index contributed by atoms with van der Waals surface area (Å²) in [7, 11) is 0. The predicted octanol–water partition coefficient (Wildman–Crippen LogP) is 9.66. The fraction of sp³-hybridized carbons (Fsp3) is 0.529. The van der Waals surface area contributed by atoms with Crippen LogP contribution in [0.3, 0.4) is 0 Å². The summed E-state index contributed by atoms with van der Waals surface area (Å²) in [5.41, 5.74) is 2.62. The van der Waals surface area contributed by atoms with Gasteiger partial charge in [0.15, 0.2) is 0 Å². The van der Waals surface area contributed by atoms with Crippen LogP contribution in [0.4, 0.5) is 0 Å². The Hall–Kier alpha value is -2.40. The molecule has 0 bridgehead atoms. The van der Waals surface area contributed by atoms with Gasteiger partial charge in [-0.05, 0) is 31.0 Å². The van der Waals surface area contributed by atoms with Gasteiger partial charge < -0.3 is 10.0 Å². The van der Waals surface area contributed by atoms with E-state index in [1.807, 2.05) is 43.3 Å². The molecule has 5 heteroatoms. The van der Waals surface area contributed by atoms with E-state index in [0.29, 0.717) is 12.1 Å². The number of nitrogens with zero attached hydrogens (tertiary/aromatic N) is 1. The number of unbranched alkanes of at least 4 members (excludes halogenated alkanes) is 13. The van der Waals surface area contributed by atoms with Crippen LogP contribution in [0.25, 0.3) is 5.76 Å². The van der Waals surface area contributed by atoms with Crippen LogP contribution >= 0.6 is 15.9 Å². The second-order valence-corrected chi connectivity index (χ2v) is 11.9. The van der Waals surface area contributed by atoms with Crippen molar-refractivity contribution < 1.29 is 14.7 Å². The largest absolute Gasteiger partial charge is 0.507 e. The number of carbonyl (C=O) groups excluding carboxylic acids is 2. The van der Waals surface area contributed by atoms with E-state index in [2.05, 4.69) is 22.9 Å². The van der Waals surface area contributed by atoms with Gasteiger partial charge >= 0.3 is 0 Å². The van der Waals surface area contributed by atoms with Gasteiger partial charge in [0.1, 0.15) is 5.76 Å². The summed E-state index contributed by atoms with van der Waals surface area (Å²) < 4.78 is 0.925. The lowest BCUT2D eigenvalue weighted by Gasteiger charge is -2.25. The summed E-state index contributed by atoms with van der Waals surface area (Å²) in [5, 5.41) is 11.2. The zero-order valence-corrected chi connectivity index (χ0v) is 25.5. The first-order valence-corrected chi connectivity index (χ1v) is 15.8. The zero-order valence-electron chi connectivity index (χ0n) is 23.9. The van der Waals surface area contributed by atoms with Crippen LogP contribution in [0.15, 0.2) is 58.6 Å². The first kappa shape index (κ1) is 31.1. The van der Waals surface area contributed by atoms with Gasteiger partial charge in [-0.3, -0.25) is 9.59 Å². The molecule has 4 nitrogen and oxygen atoms in total. The van der Waals surface area contributed by atoms with Crippen LogP contribution in [-0.4, -0.2) is 28.2 Å². The van der Waals surface area contributed by atoms with Gasteiger partial charge in [0.25, 0.3) is 11.7 Å². The predicted molar refractivity (Wildman–Crippen MR) is 165 cm³/mol. The number of aliphatic hydroxyl groups is 1. The molecule has 1 fully saturated rings. The summed E-state index contributed by atoms with van der Waals surface area (Å²) in [6.45, 7) is 4.75. The van der Waals surface area contributed by atoms with E-state index in [1.54, 1.807) is 17.0 Å². The summed E-state index contributed by atoms with van der Waals surface area (Å²) in [6.07, 6.45) is 17.8. The van der Waals surface area contributed by atoms with Gasteiger partial charge in [0.05, 0.1) is 11.6 Å². The molecule has 0 aliphatic carbocycles. The molecule has 1 atom stereocenters. The van der Waals surface area contributed by atoms with Crippen LogP contribution < -0.4 is 0 Å². The Balaban J connectivity index is 1.52. The van der Waals surface area contributed by atoms with Crippen molar-refractivity contribution in [2.75, 3.05) is 6.54 Å². The van der Waals surface area contributed by atoms with Gasteiger partial charge in [-0.25, -0.2) is 0 Å². The van der Waals surface area contributed by atoms with Crippen LogP contribution in [0.2, 0.25) is 0 Å². The maximum atomic E-state index is 13.2. The van der Waals surface area contributed by atoms with Crippen molar-refractivity contribution in [1.29, 1.82) is 0 Å². The van der Waals surface area contributed by atoms with Crippen molar-refractivity contribution in [3.05, 3.63) is 75.3 Å². The molecule has 1 aliphatic rings. The molecule has 212 valence electrons. The lowest BCUT2D eigenvalue weighted by atomic mass is 9.95. The van der Waals surface area contributed by atoms with E-state index in [4.69, 9.17) is 0 Å². The molecule has 2 aromatic rings. The number of aliphatic hydroxyl groups excluding tert-OH is 1. The number of Topliss-reactive ketones (excluding diaryl/α,β-unsaturated/α-hetero) is 1. The molecule has 1 aliphatic heterocycles. The first-order valence-electron chi connectivity index (χ1n) is 15.0. The summed E-state index contributed by atoms with van der Waals surface area (Å²) in [6, 6.07) is 14.5. The highest BCUT2D eigenvalue weighted by molar-refractivity contribution is 9.10. The van der Waals surface area contributed by atoms with E-state index in [0.717, 1.165) is 34.9 Å². The molecule has 0 saturated carbocycles. The first-order chi connectivity index (χ1) is 18.9. The van der Waals surface area contributed by atoms with Crippen molar-refractivity contribution in [3.63, 3.8) is 0 Å². The molecule has 1 N–H and O–H groups in total. The molecule has 0 aromatic heterocycles. The number of carbonyl (C=O) groups is 2. The van der Waals surface area contributed by atoms with Crippen LogP contribution in [0.1, 0.15) is 120 Å². The third kappa shape index (κ3) is 9.34. The quantitative estimate of drug-likeness (QED) is 0.0856. The molecular formula is C34H46BrNO3. The van der Waals surface area contributed by atoms with Gasteiger partial charge in [0, 0.05) is 16.6 Å². The Bertz CT molecular complexity index is 1070. The number of ketones is 1. The third-order valence-corrected chi connectivity index (χ3v) is 8.33. The standard InChI is InChI=1S/C34H46BrNO3/c1-3-4-5-6-7-8-9-10-11-12-13-14-15-16-25-36-31(27-21-23-29(35)24-22-27)30(33(38)34(36)39)32(37)28-19-17-26(2)18-20-28/h17-24,31,37H,3-16,25H2,1-2H3/t31-/m1/s1. The van der Waals surface area contributed by atoms with E-state index < -0.39 is 17.7 Å². The lowest BCUT2D eigenvalue weighted by molar-refractivity contribution is -0.139. The van der Waals surface area contributed by atoms with Gasteiger partial charge in [-0.15, -0.1) is 0 Å². The zero-order chi connectivity index (χ0) is 28.0. The van der Waals surface area contributed by atoms with Crippen LogP contribution in [-0.2, 0) is 9.59 Å². The molecule has 2 aromatic carbocycles. The molecule has 0 unspecified atom stereocenters. The van der Waals surface area contributed by atoms with Crippen LogP contribution in [0, 0.1) is 6.92 Å². The minimum absolute atomic E-state index is 0.107. The molecule has 1 amide bonds. The Morgan fingerprint density at radius 2 is 1.23 bits per heavy atom. The number of rotatable bonds is 17. The Morgan fingerprint density at radius 1 is 0.744 bits per heavy atom. The summed E-state index contributed by atoms with van der Waals surface area (Å²) in [5.74, 6) is -1.23. The second-order valence-electron chi connectivity index (χ2n) is 11.0. The van der Waals surface area contributed by atoms with E-state index in [-0.39, 0.29) is 11.3 Å². The highest BCUT2D eigenvalue weighted by Crippen LogP contribution is 2.40.